The molecule has 3 nitrogen and oxygen atoms in total. The first kappa shape index (κ1) is 15.0. The third kappa shape index (κ3) is 3.38. The van der Waals surface area contributed by atoms with Crippen LogP contribution < -0.4 is 10.5 Å². The van der Waals surface area contributed by atoms with Gasteiger partial charge in [-0.15, -0.1) is 11.3 Å². The van der Waals surface area contributed by atoms with Crippen LogP contribution in [0, 0.1) is 20.8 Å². The molecule has 0 fully saturated rings. The molecule has 0 unspecified atom stereocenters. The third-order valence-electron chi connectivity index (χ3n) is 3.30. The Bertz CT molecular complexity index is 611. The highest BCUT2D eigenvalue weighted by atomic mass is 32.1. The molecule has 1 heterocycles. The number of thiazole rings is 1. The molecule has 1 aromatic heterocycles. The van der Waals surface area contributed by atoms with Crippen LogP contribution in [0.3, 0.4) is 0 Å². The van der Waals surface area contributed by atoms with E-state index in [1.54, 1.807) is 11.3 Å². The van der Waals surface area contributed by atoms with E-state index in [1.807, 2.05) is 20.0 Å². The van der Waals surface area contributed by atoms with Crippen LogP contribution in [0.25, 0.3) is 0 Å². The highest BCUT2D eigenvalue weighted by molar-refractivity contribution is 7.11. The lowest BCUT2D eigenvalue weighted by atomic mass is 10.1. The summed E-state index contributed by atoms with van der Waals surface area (Å²) < 4.78 is 5.92. The Balaban J connectivity index is 2.11. The zero-order valence-corrected chi connectivity index (χ0v) is 13.6. The number of benzene rings is 1. The largest absolute Gasteiger partial charge is 0.486 e. The van der Waals surface area contributed by atoms with E-state index in [9.17, 15) is 0 Å². The molecule has 0 saturated heterocycles. The summed E-state index contributed by atoms with van der Waals surface area (Å²) in [5.41, 5.74) is 9.38. The molecule has 2 aromatic rings. The van der Waals surface area contributed by atoms with Gasteiger partial charge < -0.3 is 10.5 Å². The monoisotopic (exact) mass is 290 g/mol. The first-order valence-corrected chi connectivity index (χ1v) is 7.53. The fraction of sp³-hybridized carbons (Fsp3) is 0.438. The lowest BCUT2D eigenvalue weighted by Crippen LogP contribution is -2.27. The zero-order valence-electron chi connectivity index (χ0n) is 12.8. The lowest BCUT2D eigenvalue weighted by Gasteiger charge is -2.14. The molecule has 1 aromatic carbocycles. The predicted octanol–water partition coefficient (Wildman–Crippen LogP) is 3.84. The van der Waals surface area contributed by atoms with Crippen LogP contribution in [0.4, 0.5) is 0 Å². The summed E-state index contributed by atoms with van der Waals surface area (Å²) in [6, 6.07) is 4.24. The van der Waals surface area contributed by atoms with Gasteiger partial charge in [0.25, 0.3) is 0 Å². The maximum atomic E-state index is 6.07. The second-order valence-electron chi connectivity index (χ2n) is 5.83. The van der Waals surface area contributed by atoms with Crippen molar-refractivity contribution in [1.82, 2.24) is 4.98 Å². The van der Waals surface area contributed by atoms with Crippen molar-refractivity contribution in [1.29, 1.82) is 0 Å². The van der Waals surface area contributed by atoms with Gasteiger partial charge in [-0.1, -0.05) is 6.07 Å². The van der Waals surface area contributed by atoms with Crippen molar-refractivity contribution in [3.63, 3.8) is 0 Å². The van der Waals surface area contributed by atoms with Crippen LogP contribution in [-0.4, -0.2) is 4.98 Å². The normalized spacial score (nSPS) is 11.7. The molecular weight excluding hydrogens is 268 g/mol. The number of ether oxygens (including phenoxy) is 1. The van der Waals surface area contributed by atoms with E-state index >= 15 is 0 Å². The summed E-state index contributed by atoms with van der Waals surface area (Å²) in [6.45, 7) is 10.7. The van der Waals surface area contributed by atoms with Crippen molar-refractivity contribution in [3.8, 4) is 5.75 Å². The smallest absolute Gasteiger partial charge is 0.140 e. The van der Waals surface area contributed by atoms with Crippen molar-refractivity contribution in [2.75, 3.05) is 0 Å². The van der Waals surface area contributed by atoms with Gasteiger partial charge in [0, 0.05) is 16.6 Å². The summed E-state index contributed by atoms with van der Waals surface area (Å²) in [6.07, 6.45) is 1.84. The fourth-order valence-electron chi connectivity index (χ4n) is 1.97. The van der Waals surface area contributed by atoms with Gasteiger partial charge in [-0.3, -0.25) is 0 Å². The Morgan fingerprint density at radius 3 is 2.55 bits per heavy atom. The quantitative estimate of drug-likeness (QED) is 0.930. The van der Waals surface area contributed by atoms with Gasteiger partial charge in [-0.25, -0.2) is 4.98 Å². The van der Waals surface area contributed by atoms with E-state index in [2.05, 4.69) is 37.9 Å². The molecule has 0 bridgehead atoms. The number of hydrogen-bond donors (Lipinski definition) is 1. The van der Waals surface area contributed by atoms with Gasteiger partial charge in [0.05, 0.1) is 0 Å². The topological polar surface area (TPSA) is 48.1 Å². The van der Waals surface area contributed by atoms with Crippen molar-refractivity contribution in [3.05, 3.63) is 44.9 Å². The van der Waals surface area contributed by atoms with Gasteiger partial charge in [-0.05, 0) is 57.4 Å². The number of aromatic nitrogens is 1. The van der Waals surface area contributed by atoms with Crippen molar-refractivity contribution < 1.29 is 4.74 Å². The molecule has 20 heavy (non-hydrogen) atoms. The molecule has 2 N–H and O–H groups in total. The van der Waals surface area contributed by atoms with Crippen LogP contribution in [0.1, 0.15) is 40.4 Å². The molecule has 0 aliphatic rings. The van der Waals surface area contributed by atoms with E-state index in [0.29, 0.717) is 6.61 Å². The van der Waals surface area contributed by atoms with Crippen molar-refractivity contribution in [2.45, 2.75) is 46.8 Å². The standard InChI is InChI=1S/C16H22N2OS/c1-10-6-11(2)12(3)13(7-10)19-9-15-18-8-14(20-15)16(4,5)17/h6-8H,9,17H2,1-5H3. The Hall–Kier alpha value is -1.39. The van der Waals surface area contributed by atoms with Crippen LogP contribution in [0.2, 0.25) is 0 Å². The summed E-state index contributed by atoms with van der Waals surface area (Å²) >= 11 is 1.61. The summed E-state index contributed by atoms with van der Waals surface area (Å²) in [7, 11) is 0. The van der Waals surface area contributed by atoms with Gasteiger partial charge >= 0.3 is 0 Å². The number of rotatable bonds is 4. The Morgan fingerprint density at radius 2 is 1.95 bits per heavy atom. The minimum Gasteiger partial charge on any atom is -0.486 e. The Morgan fingerprint density at radius 1 is 1.25 bits per heavy atom. The summed E-state index contributed by atoms with van der Waals surface area (Å²) in [5.74, 6) is 0.936. The molecule has 0 radical (unpaired) electrons. The number of nitrogens with zero attached hydrogens (tertiary/aromatic N) is 1. The van der Waals surface area contributed by atoms with Gasteiger partial charge in [-0.2, -0.15) is 0 Å². The Labute approximate surface area is 124 Å². The van der Waals surface area contributed by atoms with Crippen LogP contribution in [-0.2, 0) is 12.1 Å². The van der Waals surface area contributed by atoms with Crippen LogP contribution >= 0.6 is 11.3 Å². The average molecular weight is 290 g/mol. The molecule has 108 valence electrons. The molecular formula is C16H22N2OS. The summed E-state index contributed by atoms with van der Waals surface area (Å²) in [4.78, 5) is 5.46. The molecule has 0 atom stereocenters. The van der Waals surface area contributed by atoms with E-state index in [4.69, 9.17) is 10.5 Å². The van der Waals surface area contributed by atoms with Crippen LogP contribution in [0.15, 0.2) is 18.3 Å². The molecule has 0 aliphatic carbocycles. The van der Waals surface area contributed by atoms with Crippen LogP contribution in [0.5, 0.6) is 5.75 Å². The first-order valence-electron chi connectivity index (χ1n) is 6.72. The van der Waals surface area contributed by atoms with E-state index in [-0.39, 0.29) is 5.54 Å². The van der Waals surface area contributed by atoms with E-state index in [0.717, 1.165) is 15.6 Å². The highest BCUT2D eigenvalue weighted by Gasteiger charge is 2.17. The minimum absolute atomic E-state index is 0.342. The Kier molecular flexibility index (Phi) is 4.16. The minimum atomic E-state index is -0.342. The average Bonchev–Trinajstić information content (AvgIpc) is 2.80. The molecule has 0 amide bonds. The number of nitrogens with two attached hydrogens (primary N) is 1. The highest BCUT2D eigenvalue weighted by Crippen LogP contribution is 2.27. The maximum absolute atomic E-state index is 6.07. The predicted molar refractivity (Wildman–Crippen MR) is 84.3 cm³/mol. The number of hydrogen-bond acceptors (Lipinski definition) is 4. The zero-order chi connectivity index (χ0) is 14.9. The molecule has 0 saturated carbocycles. The SMILES string of the molecule is Cc1cc(C)c(C)c(OCc2ncc(C(C)(C)N)s2)c1. The lowest BCUT2D eigenvalue weighted by molar-refractivity contribution is 0.303. The molecule has 4 heteroatoms. The van der Waals surface area contributed by atoms with Gasteiger partial charge in [0.1, 0.15) is 17.4 Å². The van der Waals surface area contributed by atoms with Gasteiger partial charge in [0.2, 0.25) is 0 Å². The van der Waals surface area contributed by atoms with Crippen molar-refractivity contribution in [2.24, 2.45) is 5.73 Å². The fourth-order valence-corrected chi connectivity index (χ4v) is 2.81. The summed E-state index contributed by atoms with van der Waals surface area (Å²) in [5, 5.41) is 0.956. The molecule has 0 aliphatic heterocycles. The second-order valence-corrected chi connectivity index (χ2v) is 6.95. The molecule has 0 spiro atoms. The maximum Gasteiger partial charge on any atom is 0.140 e. The van der Waals surface area contributed by atoms with Gasteiger partial charge in [0.15, 0.2) is 0 Å². The van der Waals surface area contributed by atoms with E-state index in [1.165, 1.54) is 16.7 Å². The molecule has 2 rings (SSSR count). The first-order chi connectivity index (χ1) is 9.27. The number of aryl methyl sites for hydroxylation is 2. The second kappa shape index (κ2) is 5.54. The van der Waals surface area contributed by atoms with Crippen molar-refractivity contribution >= 4 is 11.3 Å². The van der Waals surface area contributed by atoms with E-state index < -0.39 is 0 Å². The third-order valence-corrected chi connectivity index (χ3v) is 4.61.